The molecular formula is C13H20N4O. The Morgan fingerprint density at radius 3 is 3.11 bits per heavy atom. The first kappa shape index (κ1) is 12.8. The van der Waals surface area contributed by atoms with Crippen molar-refractivity contribution in [2.75, 3.05) is 25.4 Å². The summed E-state index contributed by atoms with van der Waals surface area (Å²) in [7, 11) is 0. The summed E-state index contributed by atoms with van der Waals surface area (Å²) in [6.45, 7) is 5.25. The second kappa shape index (κ2) is 5.82. The fraction of sp³-hybridized carbons (Fsp3) is 0.538. The number of pyridine rings is 1. The van der Waals surface area contributed by atoms with Gasteiger partial charge in [0.05, 0.1) is 5.56 Å². The molecule has 1 unspecified atom stereocenters. The van der Waals surface area contributed by atoms with Gasteiger partial charge in [-0.3, -0.25) is 4.79 Å². The molecule has 98 valence electrons. The minimum atomic E-state index is -0.0644. The highest BCUT2D eigenvalue weighted by Gasteiger charge is 2.20. The Kier molecular flexibility index (Phi) is 4.15. The van der Waals surface area contributed by atoms with E-state index in [0.29, 0.717) is 11.4 Å². The third kappa shape index (κ3) is 3.20. The number of aromatic nitrogens is 1. The van der Waals surface area contributed by atoms with Crippen LogP contribution in [-0.4, -0.2) is 41.5 Å². The zero-order valence-corrected chi connectivity index (χ0v) is 10.7. The number of likely N-dealkylation sites (N-methyl/N-ethyl adjacent to an activating group) is 1. The maximum atomic E-state index is 12.0. The normalized spacial score (nSPS) is 20.6. The molecule has 1 amide bonds. The van der Waals surface area contributed by atoms with Crippen molar-refractivity contribution in [1.29, 1.82) is 0 Å². The summed E-state index contributed by atoms with van der Waals surface area (Å²) in [5, 5.41) is 3.06. The van der Waals surface area contributed by atoms with Crippen LogP contribution in [0, 0.1) is 0 Å². The Labute approximate surface area is 107 Å². The molecule has 1 aromatic rings. The molecule has 1 aliphatic heterocycles. The number of piperidine rings is 1. The van der Waals surface area contributed by atoms with Crippen molar-refractivity contribution < 1.29 is 4.79 Å². The standard InChI is InChI=1S/C13H20N4O/c1-2-17-7-3-4-11(9-17)16-13(18)10-5-6-12(14)15-8-10/h5-6,8,11H,2-4,7,9H2,1H3,(H2,14,15)(H,16,18). The van der Waals surface area contributed by atoms with E-state index in [0.717, 1.165) is 32.5 Å². The molecule has 1 aromatic heterocycles. The summed E-state index contributed by atoms with van der Waals surface area (Å²) in [4.78, 5) is 18.3. The fourth-order valence-electron chi connectivity index (χ4n) is 2.27. The molecule has 1 aliphatic rings. The van der Waals surface area contributed by atoms with Gasteiger partial charge in [0.15, 0.2) is 0 Å². The number of carbonyl (C=O) groups excluding carboxylic acids is 1. The molecule has 1 atom stereocenters. The highest BCUT2D eigenvalue weighted by atomic mass is 16.1. The molecule has 1 fully saturated rings. The first-order chi connectivity index (χ1) is 8.69. The van der Waals surface area contributed by atoms with Crippen LogP contribution in [0.15, 0.2) is 18.3 Å². The van der Waals surface area contributed by atoms with E-state index in [-0.39, 0.29) is 11.9 Å². The van der Waals surface area contributed by atoms with Crippen LogP contribution in [0.4, 0.5) is 5.82 Å². The average Bonchev–Trinajstić information content (AvgIpc) is 2.39. The van der Waals surface area contributed by atoms with Crippen LogP contribution in [0.3, 0.4) is 0 Å². The number of anilines is 1. The average molecular weight is 248 g/mol. The van der Waals surface area contributed by atoms with Crippen LogP contribution in [0.25, 0.3) is 0 Å². The summed E-state index contributed by atoms with van der Waals surface area (Å²) in [5.41, 5.74) is 6.07. The van der Waals surface area contributed by atoms with Crippen LogP contribution in [0.1, 0.15) is 30.1 Å². The van der Waals surface area contributed by atoms with Gasteiger partial charge < -0.3 is 16.0 Å². The van der Waals surface area contributed by atoms with Gasteiger partial charge in [-0.25, -0.2) is 4.98 Å². The second-order valence-electron chi connectivity index (χ2n) is 4.68. The monoisotopic (exact) mass is 248 g/mol. The van der Waals surface area contributed by atoms with Gasteiger partial charge in [-0.2, -0.15) is 0 Å². The topological polar surface area (TPSA) is 71.2 Å². The van der Waals surface area contributed by atoms with Gasteiger partial charge in [-0.15, -0.1) is 0 Å². The SMILES string of the molecule is CCN1CCCC(NC(=O)c2ccc(N)nc2)C1. The molecule has 3 N–H and O–H groups in total. The van der Waals surface area contributed by atoms with Crippen LogP contribution in [0.2, 0.25) is 0 Å². The summed E-state index contributed by atoms with van der Waals surface area (Å²) >= 11 is 0. The number of nitrogen functional groups attached to an aromatic ring is 1. The van der Waals surface area contributed by atoms with Crippen LogP contribution in [-0.2, 0) is 0 Å². The van der Waals surface area contributed by atoms with Crippen molar-refractivity contribution in [3.63, 3.8) is 0 Å². The Bertz CT molecular complexity index is 404. The molecule has 0 saturated carbocycles. The van der Waals surface area contributed by atoms with Crippen LogP contribution >= 0.6 is 0 Å². The molecule has 18 heavy (non-hydrogen) atoms. The van der Waals surface area contributed by atoms with Gasteiger partial charge in [0.25, 0.3) is 5.91 Å². The Morgan fingerprint density at radius 1 is 1.61 bits per heavy atom. The molecular weight excluding hydrogens is 228 g/mol. The number of hydrogen-bond acceptors (Lipinski definition) is 4. The third-order valence-electron chi connectivity index (χ3n) is 3.34. The highest BCUT2D eigenvalue weighted by Crippen LogP contribution is 2.10. The first-order valence-electron chi connectivity index (χ1n) is 6.43. The van der Waals surface area contributed by atoms with E-state index >= 15 is 0 Å². The second-order valence-corrected chi connectivity index (χ2v) is 4.68. The molecule has 5 nitrogen and oxygen atoms in total. The Balaban J connectivity index is 1.92. The lowest BCUT2D eigenvalue weighted by Gasteiger charge is -2.32. The predicted molar refractivity (Wildman–Crippen MR) is 71.3 cm³/mol. The smallest absolute Gasteiger partial charge is 0.253 e. The maximum Gasteiger partial charge on any atom is 0.253 e. The number of amides is 1. The molecule has 0 aromatic carbocycles. The maximum absolute atomic E-state index is 12.0. The molecule has 0 spiro atoms. The van der Waals surface area contributed by atoms with Crippen molar-refractivity contribution in [2.45, 2.75) is 25.8 Å². The van der Waals surface area contributed by atoms with Crippen molar-refractivity contribution in [2.24, 2.45) is 0 Å². The van der Waals surface area contributed by atoms with E-state index in [2.05, 4.69) is 22.1 Å². The molecule has 0 bridgehead atoms. The largest absolute Gasteiger partial charge is 0.384 e. The van der Waals surface area contributed by atoms with E-state index < -0.39 is 0 Å². The Hall–Kier alpha value is -1.62. The van der Waals surface area contributed by atoms with Gasteiger partial charge in [-0.05, 0) is 38.1 Å². The number of nitrogens with zero attached hydrogens (tertiary/aromatic N) is 2. The summed E-state index contributed by atoms with van der Waals surface area (Å²) in [5.74, 6) is 0.367. The van der Waals surface area contributed by atoms with Crippen molar-refractivity contribution in [3.05, 3.63) is 23.9 Å². The zero-order chi connectivity index (χ0) is 13.0. The third-order valence-corrected chi connectivity index (χ3v) is 3.34. The van der Waals surface area contributed by atoms with E-state index in [1.807, 2.05) is 0 Å². The first-order valence-corrected chi connectivity index (χ1v) is 6.43. The lowest BCUT2D eigenvalue weighted by atomic mass is 10.1. The lowest BCUT2D eigenvalue weighted by Crippen LogP contribution is -2.47. The number of likely N-dealkylation sites (tertiary alicyclic amines) is 1. The summed E-state index contributed by atoms with van der Waals surface area (Å²) in [6, 6.07) is 3.59. The molecule has 0 radical (unpaired) electrons. The van der Waals surface area contributed by atoms with Crippen LogP contribution in [0.5, 0.6) is 0 Å². The minimum absolute atomic E-state index is 0.0644. The predicted octanol–water partition coefficient (Wildman–Crippen LogP) is 0.878. The van der Waals surface area contributed by atoms with Crippen molar-refractivity contribution >= 4 is 11.7 Å². The lowest BCUT2D eigenvalue weighted by molar-refractivity contribution is 0.0905. The van der Waals surface area contributed by atoms with Gasteiger partial charge >= 0.3 is 0 Å². The van der Waals surface area contributed by atoms with E-state index in [4.69, 9.17) is 5.73 Å². The van der Waals surface area contributed by atoms with Crippen molar-refractivity contribution in [1.82, 2.24) is 15.2 Å². The number of hydrogen-bond donors (Lipinski definition) is 2. The quantitative estimate of drug-likeness (QED) is 0.833. The molecule has 2 rings (SSSR count). The fourth-order valence-corrected chi connectivity index (χ4v) is 2.27. The number of nitrogens with two attached hydrogens (primary N) is 1. The number of rotatable bonds is 3. The number of nitrogens with one attached hydrogen (secondary N) is 1. The molecule has 0 aliphatic carbocycles. The van der Waals surface area contributed by atoms with Gasteiger partial charge in [-0.1, -0.05) is 6.92 Å². The van der Waals surface area contributed by atoms with E-state index in [1.165, 1.54) is 6.20 Å². The van der Waals surface area contributed by atoms with E-state index in [1.54, 1.807) is 12.1 Å². The highest BCUT2D eigenvalue weighted by molar-refractivity contribution is 5.94. The minimum Gasteiger partial charge on any atom is -0.384 e. The molecule has 2 heterocycles. The number of carbonyl (C=O) groups is 1. The molecule has 1 saturated heterocycles. The van der Waals surface area contributed by atoms with Gasteiger partial charge in [0, 0.05) is 18.8 Å². The molecule has 5 heteroatoms. The zero-order valence-electron chi connectivity index (χ0n) is 10.7. The van der Waals surface area contributed by atoms with Crippen molar-refractivity contribution in [3.8, 4) is 0 Å². The Morgan fingerprint density at radius 2 is 2.44 bits per heavy atom. The van der Waals surface area contributed by atoms with Crippen LogP contribution < -0.4 is 11.1 Å². The summed E-state index contributed by atoms with van der Waals surface area (Å²) < 4.78 is 0. The van der Waals surface area contributed by atoms with Gasteiger partial charge in [0.2, 0.25) is 0 Å². The van der Waals surface area contributed by atoms with E-state index in [9.17, 15) is 4.79 Å². The van der Waals surface area contributed by atoms with Gasteiger partial charge in [0.1, 0.15) is 5.82 Å². The summed E-state index contributed by atoms with van der Waals surface area (Å²) in [6.07, 6.45) is 3.70.